The first-order valence-electron chi connectivity index (χ1n) is 20.4. The van der Waals surface area contributed by atoms with Crippen LogP contribution in [0.4, 0.5) is 21.0 Å². The molecule has 0 bridgehead atoms. The fourth-order valence-corrected chi connectivity index (χ4v) is 13.5. The molecule has 3 heterocycles. The maximum absolute atomic E-state index is 13.6. The number of carbonyl (C=O) groups excluding carboxylic acids is 2. The van der Waals surface area contributed by atoms with Gasteiger partial charge in [0.05, 0.1) is 5.25 Å². The molecule has 3 atom stereocenters. The molecule has 298 valence electrons. The third kappa shape index (κ3) is 6.85. The van der Waals surface area contributed by atoms with Crippen LogP contribution in [0.3, 0.4) is 0 Å². The Kier molecular flexibility index (Phi) is 9.50. The number of aryl methyl sites for hydroxylation is 3. The van der Waals surface area contributed by atoms with Crippen LogP contribution in [-0.2, 0) is 65.0 Å². The normalized spacial score (nSPS) is 25.6. The zero-order valence-corrected chi connectivity index (χ0v) is 33.9. The van der Waals surface area contributed by atoms with Gasteiger partial charge in [0.15, 0.2) is 0 Å². The maximum atomic E-state index is 13.6. The van der Waals surface area contributed by atoms with Gasteiger partial charge in [-0.15, -0.1) is 0 Å². The highest BCUT2D eigenvalue weighted by Gasteiger charge is 2.43. The first kappa shape index (κ1) is 37.3. The Morgan fingerprint density at radius 2 is 1.31 bits per heavy atom. The Morgan fingerprint density at radius 3 is 1.96 bits per heavy atom. The smallest absolute Gasteiger partial charge is 0.307 e. The molecule has 0 saturated carbocycles. The number of amides is 4. The van der Waals surface area contributed by atoms with E-state index in [1.807, 2.05) is 11.9 Å². The van der Waals surface area contributed by atoms with Crippen LogP contribution in [0.2, 0.25) is 0 Å². The highest BCUT2D eigenvalue weighted by atomic mass is 32.2. The Morgan fingerprint density at radius 1 is 0.691 bits per heavy atom. The van der Waals surface area contributed by atoms with Crippen molar-refractivity contribution in [3.8, 4) is 0 Å². The summed E-state index contributed by atoms with van der Waals surface area (Å²) in [7, 11) is -5.82. The molecule has 3 aliphatic heterocycles. The van der Waals surface area contributed by atoms with Crippen LogP contribution < -0.4 is 20.1 Å². The summed E-state index contributed by atoms with van der Waals surface area (Å²) in [4.78, 5) is 33.6. The number of anilines is 2. The monoisotopic (exact) mass is 793 g/mol. The minimum absolute atomic E-state index is 0.144. The molecule has 2 aromatic carbocycles. The molecule has 7 aliphatic rings. The largest absolute Gasteiger partial charge is 0.332 e. The number of likely N-dealkylation sites (tertiary alicyclic amines) is 3. The van der Waals surface area contributed by atoms with Gasteiger partial charge in [0, 0.05) is 56.2 Å². The summed E-state index contributed by atoms with van der Waals surface area (Å²) in [5.41, 5.74) is 10.9. The Labute approximate surface area is 325 Å². The van der Waals surface area contributed by atoms with Gasteiger partial charge < -0.3 is 15.5 Å². The molecule has 0 spiro atoms. The van der Waals surface area contributed by atoms with Crippen molar-refractivity contribution in [1.29, 1.82) is 0 Å². The molecule has 55 heavy (non-hydrogen) atoms. The molecule has 4 N–H and O–H groups in total. The second-order valence-corrected chi connectivity index (χ2v) is 21.6. The van der Waals surface area contributed by atoms with E-state index in [1.165, 1.54) is 22.3 Å². The molecule has 0 aromatic heterocycles. The van der Waals surface area contributed by atoms with E-state index in [4.69, 9.17) is 0 Å². The number of nitrogens with zero attached hydrogens (tertiary/aromatic N) is 3. The Bertz CT molecular complexity index is 2150. The Hall–Kier alpha value is -3.24. The molecular formula is C40H55N7O6S2. The van der Waals surface area contributed by atoms with Crippen LogP contribution in [0.5, 0.6) is 0 Å². The molecule has 4 amide bonds. The van der Waals surface area contributed by atoms with Crippen LogP contribution in [-0.4, -0.2) is 112 Å². The molecule has 15 heteroatoms. The van der Waals surface area contributed by atoms with Crippen molar-refractivity contribution in [2.24, 2.45) is 5.92 Å². The third-order valence-electron chi connectivity index (χ3n) is 13.9. The van der Waals surface area contributed by atoms with Gasteiger partial charge in [-0.25, -0.2) is 35.9 Å². The van der Waals surface area contributed by atoms with Gasteiger partial charge >= 0.3 is 12.1 Å². The lowest BCUT2D eigenvalue weighted by atomic mass is 9.83. The molecule has 13 nitrogen and oxygen atoms in total. The predicted molar refractivity (Wildman–Crippen MR) is 213 cm³/mol. The van der Waals surface area contributed by atoms with Crippen LogP contribution in [0.25, 0.3) is 0 Å². The summed E-state index contributed by atoms with van der Waals surface area (Å²) < 4.78 is 57.7. The summed E-state index contributed by atoms with van der Waals surface area (Å²) in [6.07, 6.45) is 9.41. The van der Waals surface area contributed by atoms with Crippen LogP contribution in [0.1, 0.15) is 90.0 Å². The van der Waals surface area contributed by atoms with E-state index in [-0.39, 0.29) is 11.8 Å². The van der Waals surface area contributed by atoms with Crippen LogP contribution in [0.15, 0.2) is 12.1 Å². The van der Waals surface area contributed by atoms with Gasteiger partial charge in [-0.2, -0.15) is 0 Å². The molecule has 9 rings (SSSR count). The number of nitrogens with one attached hydrogen (secondary N) is 4. The van der Waals surface area contributed by atoms with Crippen molar-refractivity contribution >= 4 is 43.5 Å². The number of hydrogen-bond donors (Lipinski definition) is 4. The van der Waals surface area contributed by atoms with Crippen molar-refractivity contribution in [3.05, 3.63) is 56.6 Å². The third-order valence-corrected chi connectivity index (χ3v) is 17.3. The summed E-state index contributed by atoms with van der Waals surface area (Å²) >= 11 is 0. The van der Waals surface area contributed by atoms with E-state index >= 15 is 0 Å². The van der Waals surface area contributed by atoms with E-state index in [0.717, 1.165) is 117 Å². The fourth-order valence-electron chi connectivity index (χ4n) is 10.9. The average Bonchev–Trinajstić information content (AvgIpc) is 3.91. The molecule has 3 fully saturated rings. The maximum Gasteiger partial charge on any atom is 0.332 e. The topological polar surface area (TPSA) is 160 Å². The standard InChI is InChI=1S/C40H55N7O6S2/c1-23(2)47-18-29(19-47)46-13-12-30(22-46)54(50,51)43-39(48)41-37-33-8-4-7-25(33)15-27-16-28(17-35(27)37)32-11-10-26-14-24-6-5-9-34(24)38(36(26)32)42-40(49)44-55(52,53)31-20-45(3)21-31/h14-15,23,28-32H,4-13,16-22H2,1-3H3,(H2,41,43,48)(H2,42,44,49). The zero-order valence-electron chi connectivity index (χ0n) is 32.2. The van der Waals surface area contributed by atoms with E-state index < -0.39 is 42.6 Å². The molecule has 4 aliphatic carbocycles. The molecule has 3 saturated heterocycles. The number of sulfonamides is 2. The molecule has 3 unspecified atom stereocenters. The van der Waals surface area contributed by atoms with Gasteiger partial charge in [-0.3, -0.25) is 9.80 Å². The van der Waals surface area contributed by atoms with Crippen LogP contribution >= 0.6 is 0 Å². The lowest BCUT2D eigenvalue weighted by Crippen LogP contribution is -2.61. The second kappa shape index (κ2) is 14.0. The first-order chi connectivity index (χ1) is 26.2. The molecular weight excluding hydrogens is 739 g/mol. The first-order valence-corrected chi connectivity index (χ1v) is 23.5. The second-order valence-electron chi connectivity index (χ2n) is 17.7. The lowest BCUT2D eigenvalue weighted by Gasteiger charge is -2.46. The zero-order chi connectivity index (χ0) is 38.4. The highest BCUT2D eigenvalue weighted by molar-refractivity contribution is 7.91. The van der Waals surface area contributed by atoms with Gasteiger partial charge in [-0.1, -0.05) is 12.1 Å². The van der Waals surface area contributed by atoms with Gasteiger partial charge in [0.2, 0.25) is 20.0 Å². The summed E-state index contributed by atoms with van der Waals surface area (Å²) in [5, 5.41) is 4.89. The SMILES string of the molecule is CC(C)N1CC(N2CCC(S(=O)(=O)NC(=O)Nc3c4c(cc5c3CC(C3CCc6cc7c(c(NC(=O)NS(=O)(=O)C8CN(C)C8)c63)CCC7)C5)CCC4)C2)C1. The summed E-state index contributed by atoms with van der Waals surface area (Å²) in [6, 6.07) is 4.07. The minimum Gasteiger partial charge on any atom is -0.307 e. The summed E-state index contributed by atoms with van der Waals surface area (Å²) in [5.74, 6) is 0.358. The van der Waals surface area contributed by atoms with E-state index in [1.54, 1.807) is 0 Å². The van der Waals surface area contributed by atoms with Crippen molar-refractivity contribution in [2.75, 3.05) is 56.9 Å². The molecule has 0 radical (unpaired) electrons. The number of benzene rings is 2. The number of fused-ring (bicyclic) bond motifs is 4. The lowest BCUT2D eigenvalue weighted by molar-refractivity contribution is 0.0260. The average molecular weight is 794 g/mol. The molecule has 2 aromatic rings. The van der Waals surface area contributed by atoms with Crippen molar-refractivity contribution in [3.63, 3.8) is 0 Å². The fraction of sp³-hybridized carbons (Fsp3) is 0.650. The van der Waals surface area contributed by atoms with E-state index in [2.05, 4.69) is 55.9 Å². The van der Waals surface area contributed by atoms with E-state index in [0.29, 0.717) is 38.1 Å². The van der Waals surface area contributed by atoms with Crippen molar-refractivity contribution < 1.29 is 26.4 Å². The van der Waals surface area contributed by atoms with Gasteiger partial charge in [0.1, 0.15) is 5.25 Å². The quantitative estimate of drug-likeness (QED) is 0.298. The predicted octanol–water partition coefficient (Wildman–Crippen LogP) is 3.49. The highest BCUT2D eigenvalue weighted by Crippen LogP contribution is 2.52. The number of hydrogen-bond acceptors (Lipinski definition) is 9. The van der Waals surface area contributed by atoms with Gasteiger partial charge in [-0.05, 0) is 154 Å². The minimum atomic E-state index is -3.88. The number of carbonyl (C=O) groups is 2. The summed E-state index contributed by atoms with van der Waals surface area (Å²) in [6.45, 7) is 8.22. The Balaban J connectivity index is 0.922. The number of urea groups is 2. The van der Waals surface area contributed by atoms with Crippen molar-refractivity contribution in [1.82, 2.24) is 24.1 Å². The number of rotatable bonds is 9. The van der Waals surface area contributed by atoms with Gasteiger partial charge in [0.25, 0.3) is 0 Å². The van der Waals surface area contributed by atoms with Crippen LogP contribution in [0, 0.1) is 5.92 Å². The van der Waals surface area contributed by atoms with Crippen molar-refractivity contribution in [2.45, 2.75) is 113 Å². The van der Waals surface area contributed by atoms with E-state index in [9.17, 15) is 26.4 Å².